The van der Waals surface area contributed by atoms with Gasteiger partial charge in [-0.25, -0.2) is 4.79 Å². The Morgan fingerprint density at radius 3 is 2.41 bits per heavy atom. The first-order valence-electron chi connectivity index (χ1n) is 5.52. The van der Waals surface area contributed by atoms with Gasteiger partial charge in [0.15, 0.2) is 0 Å². The van der Waals surface area contributed by atoms with Crippen molar-refractivity contribution < 1.29 is 9.53 Å². The van der Waals surface area contributed by atoms with E-state index >= 15 is 0 Å². The summed E-state index contributed by atoms with van der Waals surface area (Å²) in [6.07, 6.45) is -0.374. The summed E-state index contributed by atoms with van der Waals surface area (Å²) in [5.74, 6) is 0. The number of alkyl halides is 1. The quantitative estimate of drug-likeness (QED) is 0.670. The predicted molar refractivity (Wildman–Crippen MR) is 77.2 cm³/mol. The number of carbonyl (C=O) groups excluding carboxylic acids is 1. The number of amides is 1. The van der Waals surface area contributed by atoms with Gasteiger partial charge >= 0.3 is 6.09 Å². The fourth-order valence-corrected chi connectivity index (χ4v) is 2.09. The summed E-state index contributed by atoms with van der Waals surface area (Å²) in [6.45, 7) is 6.07. The molecular formula is C13H18INO2. The highest BCUT2D eigenvalue weighted by molar-refractivity contribution is 14.1. The van der Waals surface area contributed by atoms with Crippen LogP contribution in [0.4, 0.5) is 4.79 Å². The van der Waals surface area contributed by atoms with E-state index in [2.05, 4.69) is 34.0 Å². The maximum Gasteiger partial charge on any atom is 0.407 e. The second-order valence-electron chi connectivity index (χ2n) is 4.76. The van der Waals surface area contributed by atoms with Crippen molar-refractivity contribution in [2.75, 3.05) is 0 Å². The standard InChI is InChI=1S/C13H18INO2/c1-13(2,3)17-12(16)15-9-11-7-5-4-6-10(11)8-14/h4-7H,8-9H2,1-3H3,(H,15,16). The van der Waals surface area contributed by atoms with Crippen LogP contribution in [0.25, 0.3) is 0 Å². The van der Waals surface area contributed by atoms with E-state index in [0.717, 1.165) is 9.99 Å². The zero-order valence-corrected chi connectivity index (χ0v) is 12.6. The van der Waals surface area contributed by atoms with Gasteiger partial charge in [0.05, 0.1) is 0 Å². The van der Waals surface area contributed by atoms with E-state index in [1.165, 1.54) is 5.56 Å². The Hall–Kier alpha value is -0.780. The number of nitrogens with one attached hydrogen (secondary N) is 1. The molecule has 0 aliphatic carbocycles. The monoisotopic (exact) mass is 347 g/mol. The molecule has 0 aromatic heterocycles. The summed E-state index contributed by atoms with van der Waals surface area (Å²) in [6, 6.07) is 8.07. The minimum atomic E-state index is -0.452. The minimum Gasteiger partial charge on any atom is -0.444 e. The summed E-state index contributed by atoms with van der Waals surface area (Å²) < 4.78 is 6.12. The third-order valence-electron chi connectivity index (χ3n) is 2.08. The lowest BCUT2D eigenvalue weighted by Crippen LogP contribution is -2.32. The molecule has 0 fully saturated rings. The molecule has 0 atom stereocenters. The number of carbonyl (C=O) groups is 1. The van der Waals surface area contributed by atoms with Crippen LogP contribution in [0.15, 0.2) is 24.3 Å². The summed E-state index contributed by atoms with van der Waals surface area (Å²) in [7, 11) is 0. The average molecular weight is 347 g/mol. The van der Waals surface area contributed by atoms with E-state index < -0.39 is 5.60 Å². The average Bonchev–Trinajstić information content (AvgIpc) is 2.24. The Kier molecular flexibility index (Phi) is 5.24. The van der Waals surface area contributed by atoms with Crippen molar-refractivity contribution >= 4 is 28.7 Å². The van der Waals surface area contributed by atoms with Crippen LogP contribution >= 0.6 is 22.6 Å². The van der Waals surface area contributed by atoms with Crippen LogP contribution in [0.5, 0.6) is 0 Å². The number of halogens is 1. The van der Waals surface area contributed by atoms with Crippen molar-refractivity contribution in [2.45, 2.75) is 37.3 Å². The number of rotatable bonds is 3. The highest BCUT2D eigenvalue weighted by Gasteiger charge is 2.15. The Bertz CT molecular complexity index is 385. The topological polar surface area (TPSA) is 38.3 Å². The van der Waals surface area contributed by atoms with Gasteiger partial charge in [0, 0.05) is 11.0 Å². The van der Waals surface area contributed by atoms with Gasteiger partial charge < -0.3 is 10.1 Å². The molecule has 0 spiro atoms. The van der Waals surface area contributed by atoms with Gasteiger partial charge in [-0.1, -0.05) is 46.9 Å². The molecule has 1 aromatic carbocycles. The van der Waals surface area contributed by atoms with E-state index in [1.807, 2.05) is 39.0 Å². The van der Waals surface area contributed by atoms with Crippen LogP contribution in [0.1, 0.15) is 31.9 Å². The highest BCUT2D eigenvalue weighted by atomic mass is 127. The van der Waals surface area contributed by atoms with Crippen LogP contribution in [0, 0.1) is 0 Å². The molecule has 0 unspecified atom stereocenters. The molecule has 17 heavy (non-hydrogen) atoms. The number of alkyl carbamates (subject to hydrolysis) is 1. The Morgan fingerprint density at radius 2 is 1.88 bits per heavy atom. The normalized spacial score (nSPS) is 11.1. The van der Waals surface area contributed by atoms with Gasteiger partial charge in [-0.2, -0.15) is 0 Å². The van der Waals surface area contributed by atoms with Crippen molar-refractivity contribution in [1.29, 1.82) is 0 Å². The lowest BCUT2D eigenvalue weighted by molar-refractivity contribution is 0.0523. The number of hydrogen-bond donors (Lipinski definition) is 1. The van der Waals surface area contributed by atoms with E-state index in [1.54, 1.807) is 0 Å². The maximum atomic E-state index is 11.5. The van der Waals surface area contributed by atoms with Crippen LogP contribution in [-0.2, 0) is 15.7 Å². The number of benzene rings is 1. The molecule has 3 nitrogen and oxygen atoms in total. The van der Waals surface area contributed by atoms with Crippen molar-refractivity contribution in [3.05, 3.63) is 35.4 Å². The van der Waals surface area contributed by atoms with Crippen LogP contribution < -0.4 is 5.32 Å². The van der Waals surface area contributed by atoms with Crippen molar-refractivity contribution in [3.8, 4) is 0 Å². The van der Waals surface area contributed by atoms with Gasteiger partial charge in [0.25, 0.3) is 0 Å². The molecule has 1 rings (SSSR count). The molecule has 0 radical (unpaired) electrons. The molecule has 4 heteroatoms. The zero-order chi connectivity index (χ0) is 12.9. The van der Waals surface area contributed by atoms with Gasteiger partial charge in [-0.15, -0.1) is 0 Å². The first kappa shape index (κ1) is 14.3. The molecule has 94 valence electrons. The molecular weight excluding hydrogens is 329 g/mol. The molecule has 1 aromatic rings. The fraction of sp³-hybridized carbons (Fsp3) is 0.462. The third-order valence-corrected chi connectivity index (χ3v) is 2.91. The van der Waals surface area contributed by atoms with E-state index in [4.69, 9.17) is 4.74 Å². The van der Waals surface area contributed by atoms with Gasteiger partial charge in [0.2, 0.25) is 0 Å². The Balaban J connectivity index is 2.53. The lowest BCUT2D eigenvalue weighted by atomic mass is 10.1. The fourth-order valence-electron chi connectivity index (χ4n) is 1.34. The first-order chi connectivity index (χ1) is 7.92. The molecule has 0 heterocycles. The highest BCUT2D eigenvalue weighted by Crippen LogP contribution is 2.13. The molecule has 1 N–H and O–H groups in total. The van der Waals surface area contributed by atoms with Crippen LogP contribution in [-0.4, -0.2) is 11.7 Å². The molecule has 0 saturated carbocycles. The van der Waals surface area contributed by atoms with Crippen LogP contribution in [0.3, 0.4) is 0 Å². The molecule has 1 amide bonds. The summed E-state index contributed by atoms with van der Waals surface area (Å²) in [5.41, 5.74) is 1.92. The van der Waals surface area contributed by atoms with E-state index in [9.17, 15) is 4.79 Å². The van der Waals surface area contributed by atoms with Crippen molar-refractivity contribution in [2.24, 2.45) is 0 Å². The molecule has 0 aliphatic rings. The largest absolute Gasteiger partial charge is 0.444 e. The first-order valence-corrected chi connectivity index (χ1v) is 7.04. The summed E-state index contributed by atoms with van der Waals surface area (Å²) in [4.78, 5) is 11.5. The van der Waals surface area contributed by atoms with E-state index in [0.29, 0.717) is 6.54 Å². The van der Waals surface area contributed by atoms with Gasteiger partial charge in [-0.05, 0) is 31.9 Å². The Morgan fingerprint density at radius 1 is 1.29 bits per heavy atom. The smallest absolute Gasteiger partial charge is 0.407 e. The van der Waals surface area contributed by atoms with Crippen molar-refractivity contribution in [1.82, 2.24) is 5.32 Å². The SMILES string of the molecule is CC(C)(C)OC(=O)NCc1ccccc1CI. The van der Waals surface area contributed by atoms with Gasteiger partial charge in [-0.3, -0.25) is 0 Å². The molecule has 0 aliphatic heterocycles. The zero-order valence-electron chi connectivity index (χ0n) is 10.4. The maximum absolute atomic E-state index is 11.5. The third kappa shape index (κ3) is 5.39. The molecule has 0 saturated heterocycles. The van der Waals surface area contributed by atoms with Crippen molar-refractivity contribution in [3.63, 3.8) is 0 Å². The Labute approximate surface area is 116 Å². The summed E-state index contributed by atoms with van der Waals surface area (Å²) in [5, 5.41) is 2.77. The van der Waals surface area contributed by atoms with Gasteiger partial charge in [0.1, 0.15) is 5.60 Å². The van der Waals surface area contributed by atoms with E-state index in [-0.39, 0.29) is 6.09 Å². The number of hydrogen-bond acceptors (Lipinski definition) is 2. The van der Waals surface area contributed by atoms with Crippen LogP contribution in [0.2, 0.25) is 0 Å². The second kappa shape index (κ2) is 6.23. The summed E-state index contributed by atoms with van der Waals surface area (Å²) >= 11 is 2.31. The minimum absolute atomic E-state index is 0.374. The lowest BCUT2D eigenvalue weighted by Gasteiger charge is -2.20. The molecule has 0 bridgehead atoms. The number of ether oxygens (including phenoxy) is 1. The predicted octanol–water partition coefficient (Wildman–Crippen LogP) is 3.65. The second-order valence-corrected chi connectivity index (χ2v) is 5.52.